The predicted molar refractivity (Wildman–Crippen MR) is 78.3 cm³/mol. The number of hydrogen-bond donors (Lipinski definition) is 0. The van der Waals surface area contributed by atoms with Crippen LogP contribution >= 0.6 is 0 Å². The summed E-state index contributed by atoms with van der Waals surface area (Å²) in [5, 5.41) is 0. The second-order valence-corrected chi connectivity index (χ2v) is 4.65. The Labute approximate surface area is 120 Å². The van der Waals surface area contributed by atoms with E-state index in [1.165, 1.54) is 7.11 Å². The molecule has 0 radical (unpaired) electrons. The first-order chi connectivity index (χ1) is 9.49. The molecular formula is C16H21NO3. The normalized spacial score (nSPS) is 11.1. The van der Waals surface area contributed by atoms with Gasteiger partial charge in [0.2, 0.25) is 5.91 Å². The lowest BCUT2D eigenvalue weighted by molar-refractivity contribution is -0.126. The molecule has 0 atom stereocenters. The lowest BCUT2D eigenvalue weighted by Gasteiger charge is -2.17. The summed E-state index contributed by atoms with van der Waals surface area (Å²) in [5.41, 5.74) is 2.23. The smallest absolute Gasteiger partial charge is 0.337 e. The third-order valence-corrected chi connectivity index (χ3v) is 2.99. The molecule has 0 aliphatic heterocycles. The van der Waals surface area contributed by atoms with E-state index in [1.54, 1.807) is 24.1 Å². The Morgan fingerprint density at radius 3 is 2.35 bits per heavy atom. The Morgan fingerprint density at radius 1 is 1.25 bits per heavy atom. The molecule has 1 aromatic rings. The van der Waals surface area contributed by atoms with E-state index in [2.05, 4.69) is 4.74 Å². The predicted octanol–water partition coefficient (Wildman–Crippen LogP) is 2.79. The number of esters is 1. The molecule has 4 heteroatoms. The fourth-order valence-corrected chi connectivity index (χ4v) is 1.90. The molecule has 0 aliphatic rings. The molecule has 0 aromatic heterocycles. The van der Waals surface area contributed by atoms with Crippen LogP contribution in [0.25, 0.3) is 0 Å². The number of likely N-dealkylation sites (N-methyl/N-ethyl adjacent to an activating group) is 1. The molecule has 1 amide bonds. The highest BCUT2D eigenvalue weighted by Gasteiger charge is 2.11. The number of carbonyl (C=O) groups is 2. The summed E-state index contributed by atoms with van der Waals surface area (Å²) >= 11 is 0. The van der Waals surface area contributed by atoms with E-state index in [1.807, 2.05) is 32.1 Å². The molecule has 20 heavy (non-hydrogen) atoms. The van der Waals surface area contributed by atoms with Crippen molar-refractivity contribution in [3.05, 3.63) is 47.0 Å². The molecule has 0 spiro atoms. The highest BCUT2D eigenvalue weighted by molar-refractivity contribution is 5.92. The van der Waals surface area contributed by atoms with E-state index >= 15 is 0 Å². The topological polar surface area (TPSA) is 46.6 Å². The van der Waals surface area contributed by atoms with Crippen molar-refractivity contribution in [2.24, 2.45) is 0 Å². The van der Waals surface area contributed by atoms with Crippen LogP contribution in [-0.4, -0.2) is 30.9 Å². The van der Waals surface area contributed by atoms with Gasteiger partial charge in [0.1, 0.15) is 0 Å². The van der Waals surface area contributed by atoms with Gasteiger partial charge in [-0.1, -0.05) is 25.1 Å². The van der Waals surface area contributed by atoms with Gasteiger partial charge in [-0.05, 0) is 31.0 Å². The zero-order valence-corrected chi connectivity index (χ0v) is 12.5. The van der Waals surface area contributed by atoms with Crippen LogP contribution in [0.2, 0.25) is 0 Å². The van der Waals surface area contributed by atoms with E-state index < -0.39 is 0 Å². The lowest BCUT2D eigenvalue weighted by Crippen LogP contribution is -2.26. The van der Waals surface area contributed by atoms with Crippen molar-refractivity contribution in [2.45, 2.75) is 26.8 Å². The Balaban J connectivity index is 2.71. The lowest BCUT2D eigenvalue weighted by atomic mass is 10.1. The van der Waals surface area contributed by atoms with E-state index in [0.29, 0.717) is 12.1 Å². The molecule has 0 aliphatic carbocycles. The second-order valence-electron chi connectivity index (χ2n) is 4.65. The second kappa shape index (κ2) is 7.48. The minimum Gasteiger partial charge on any atom is -0.465 e. The molecule has 108 valence electrons. The van der Waals surface area contributed by atoms with E-state index in [4.69, 9.17) is 0 Å². The quantitative estimate of drug-likeness (QED) is 0.613. The first kappa shape index (κ1) is 16.0. The number of methoxy groups -OCH3 is 1. The monoisotopic (exact) mass is 275 g/mol. The standard InChI is InChI=1S/C16H21NO3/c1-5-6-12(2)15(18)17(3)11-13-7-9-14(10-8-13)16(19)20-4/h6-10H,5,11H2,1-4H3/b12-6-. The van der Waals surface area contributed by atoms with Crippen molar-refractivity contribution in [3.63, 3.8) is 0 Å². The van der Waals surface area contributed by atoms with Crippen LogP contribution in [0.15, 0.2) is 35.9 Å². The van der Waals surface area contributed by atoms with Gasteiger partial charge in [0.15, 0.2) is 0 Å². The van der Waals surface area contributed by atoms with Crippen molar-refractivity contribution in [2.75, 3.05) is 14.2 Å². The first-order valence-corrected chi connectivity index (χ1v) is 6.59. The van der Waals surface area contributed by atoms with Crippen molar-refractivity contribution >= 4 is 11.9 Å². The maximum Gasteiger partial charge on any atom is 0.337 e. The zero-order valence-electron chi connectivity index (χ0n) is 12.5. The number of allylic oxidation sites excluding steroid dienone is 1. The van der Waals surface area contributed by atoms with Crippen LogP contribution in [0.1, 0.15) is 36.2 Å². The van der Waals surface area contributed by atoms with Crippen LogP contribution in [0.5, 0.6) is 0 Å². The maximum absolute atomic E-state index is 12.0. The molecule has 0 bridgehead atoms. The van der Waals surface area contributed by atoms with Crippen LogP contribution in [0, 0.1) is 0 Å². The van der Waals surface area contributed by atoms with Crippen molar-refractivity contribution in [1.82, 2.24) is 4.90 Å². The van der Waals surface area contributed by atoms with E-state index in [0.717, 1.165) is 17.6 Å². The average molecular weight is 275 g/mol. The Hall–Kier alpha value is -2.10. The van der Waals surface area contributed by atoms with Crippen molar-refractivity contribution in [1.29, 1.82) is 0 Å². The van der Waals surface area contributed by atoms with Gasteiger partial charge in [-0.25, -0.2) is 4.79 Å². The van der Waals surface area contributed by atoms with Crippen molar-refractivity contribution in [3.8, 4) is 0 Å². The summed E-state index contributed by atoms with van der Waals surface area (Å²) < 4.78 is 4.64. The van der Waals surface area contributed by atoms with E-state index in [9.17, 15) is 9.59 Å². The van der Waals surface area contributed by atoms with Gasteiger partial charge in [-0.3, -0.25) is 4.79 Å². The molecule has 0 N–H and O–H groups in total. The van der Waals surface area contributed by atoms with Crippen LogP contribution in [0.4, 0.5) is 0 Å². The van der Waals surface area contributed by atoms with Gasteiger partial charge >= 0.3 is 5.97 Å². The molecule has 0 fully saturated rings. The molecule has 0 saturated carbocycles. The largest absolute Gasteiger partial charge is 0.465 e. The number of benzene rings is 1. The van der Waals surface area contributed by atoms with Gasteiger partial charge in [-0.2, -0.15) is 0 Å². The first-order valence-electron chi connectivity index (χ1n) is 6.59. The third-order valence-electron chi connectivity index (χ3n) is 2.99. The summed E-state index contributed by atoms with van der Waals surface area (Å²) in [6, 6.07) is 7.06. The molecule has 1 aromatic carbocycles. The van der Waals surface area contributed by atoms with Gasteiger partial charge in [0.25, 0.3) is 0 Å². The van der Waals surface area contributed by atoms with Gasteiger partial charge < -0.3 is 9.64 Å². The zero-order chi connectivity index (χ0) is 15.1. The minimum atomic E-state index is -0.359. The Bertz CT molecular complexity index is 503. The maximum atomic E-state index is 12.0. The van der Waals surface area contributed by atoms with Crippen molar-refractivity contribution < 1.29 is 14.3 Å². The fraction of sp³-hybridized carbons (Fsp3) is 0.375. The van der Waals surface area contributed by atoms with Gasteiger partial charge in [0, 0.05) is 19.2 Å². The number of carbonyl (C=O) groups excluding carboxylic acids is 2. The third kappa shape index (κ3) is 4.23. The van der Waals surface area contributed by atoms with Crippen LogP contribution < -0.4 is 0 Å². The summed E-state index contributed by atoms with van der Waals surface area (Å²) in [7, 11) is 3.12. The SMILES string of the molecule is CC/C=C(/C)C(=O)N(C)Cc1ccc(C(=O)OC)cc1. The van der Waals surface area contributed by atoms with E-state index in [-0.39, 0.29) is 11.9 Å². The number of hydrogen-bond acceptors (Lipinski definition) is 3. The van der Waals surface area contributed by atoms with Gasteiger partial charge in [0.05, 0.1) is 12.7 Å². The van der Waals surface area contributed by atoms with Crippen LogP contribution in [-0.2, 0) is 16.1 Å². The molecule has 0 heterocycles. The molecule has 0 saturated heterocycles. The summed E-state index contributed by atoms with van der Waals surface area (Å²) in [4.78, 5) is 25.0. The minimum absolute atomic E-state index is 0.0175. The van der Waals surface area contributed by atoms with Crippen LogP contribution in [0.3, 0.4) is 0 Å². The van der Waals surface area contributed by atoms with Gasteiger partial charge in [-0.15, -0.1) is 0 Å². The molecule has 4 nitrogen and oxygen atoms in total. The molecular weight excluding hydrogens is 254 g/mol. The highest BCUT2D eigenvalue weighted by Crippen LogP contribution is 2.10. The summed E-state index contributed by atoms with van der Waals surface area (Å²) in [6.45, 7) is 4.33. The molecule has 0 unspecified atom stereocenters. The Kier molecular flexibility index (Phi) is 5.97. The fourth-order valence-electron chi connectivity index (χ4n) is 1.90. The number of ether oxygens (including phenoxy) is 1. The Morgan fingerprint density at radius 2 is 1.85 bits per heavy atom. The molecule has 1 rings (SSSR count). The number of nitrogens with zero attached hydrogens (tertiary/aromatic N) is 1. The average Bonchev–Trinajstić information content (AvgIpc) is 2.46. The number of rotatable bonds is 5. The number of amides is 1. The highest BCUT2D eigenvalue weighted by atomic mass is 16.5. The summed E-state index contributed by atoms with van der Waals surface area (Å²) in [5.74, 6) is -0.341. The summed E-state index contributed by atoms with van der Waals surface area (Å²) in [6.07, 6.45) is 2.76.